The summed E-state index contributed by atoms with van der Waals surface area (Å²) in [5, 5.41) is 9.61. The summed E-state index contributed by atoms with van der Waals surface area (Å²) >= 11 is 0. The molecule has 2 rings (SSSR count). The van der Waals surface area contributed by atoms with Gasteiger partial charge in [0, 0.05) is 12.2 Å². The summed E-state index contributed by atoms with van der Waals surface area (Å²) in [5.41, 5.74) is 1.83. The minimum absolute atomic E-state index is 0.228. The minimum atomic E-state index is -0.483. The Labute approximate surface area is 114 Å². The fraction of sp³-hybridized carbons (Fsp3) is 0.600. The fourth-order valence-corrected chi connectivity index (χ4v) is 2.25. The van der Waals surface area contributed by atoms with E-state index in [1.165, 1.54) is 0 Å². The van der Waals surface area contributed by atoms with Crippen molar-refractivity contribution in [2.24, 2.45) is 0 Å². The van der Waals surface area contributed by atoms with E-state index in [1.807, 2.05) is 18.2 Å². The molecule has 2 atom stereocenters. The van der Waals surface area contributed by atoms with E-state index in [0.717, 1.165) is 36.3 Å². The van der Waals surface area contributed by atoms with Gasteiger partial charge in [0.25, 0.3) is 0 Å². The van der Waals surface area contributed by atoms with Crippen molar-refractivity contribution in [2.45, 2.75) is 38.6 Å². The zero-order valence-corrected chi connectivity index (χ0v) is 11.6. The number of aliphatic hydroxyl groups is 1. The van der Waals surface area contributed by atoms with E-state index in [4.69, 9.17) is 14.2 Å². The Morgan fingerprint density at radius 1 is 1.47 bits per heavy atom. The van der Waals surface area contributed by atoms with Gasteiger partial charge in [0.2, 0.25) is 0 Å². The van der Waals surface area contributed by atoms with Crippen LogP contribution in [0.1, 0.15) is 37.0 Å². The van der Waals surface area contributed by atoms with Gasteiger partial charge in [0.1, 0.15) is 5.75 Å². The van der Waals surface area contributed by atoms with Crippen LogP contribution in [0.2, 0.25) is 0 Å². The quantitative estimate of drug-likeness (QED) is 0.859. The Bertz CT molecular complexity index is 397. The van der Waals surface area contributed by atoms with E-state index >= 15 is 0 Å². The Kier molecular flexibility index (Phi) is 5.19. The third-order valence-corrected chi connectivity index (χ3v) is 3.37. The van der Waals surface area contributed by atoms with Crippen LogP contribution in [0.3, 0.4) is 0 Å². The molecule has 0 spiro atoms. The van der Waals surface area contributed by atoms with Gasteiger partial charge in [0.05, 0.1) is 32.5 Å². The highest BCUT2D eigenvalue weighted by Gasteiger charge is 2.16. The van der Waals surface area contributed by atoms with Gasteiger partial charge in [-0.15, -0.1) is 0 Å². The van der Waals surface area contributed by atoms with Gasteiger partial charge >= 0.3 is 0 Å². The molecule has 1 saturated heterocycles. The zero-order valence-electron chi connectivity index (χ0n) is 11.6. The molecule has 1 heterocycles. The average Bonchev–Trinajstić information content (AvgIpc) is 2.91. The normalized spacial score (nSPS) is 20.5. The molecule has 0 radical (unpaired) electrons. The van der Waals surface area contributed by atoms with E-state index < -0.39 is 6.10 Å². The summed E-state index contributed by atoms with van der Waals surface area (Å²) in [6.45, 7) is 3.68. The second-order valence-electron chi connectivity index (χ2n) is 4.90. The molecule has 1 aromatic carbocycles. The lowest BCUT2D eigenvalue weighted by atomic mass is 10.1. The first-order valence-corrected chi connectivity index (χ1v) is 6.75. The molecule has 4 nitrogen and oxygen atoms in total. The van der Waals surface area contributed by atoms with Crippen molar-refractivity contribution in [1.82, 2.24) is 0 Å². The molecule has 1 aliphatic rings. The molecule has 0 aliphatic carbocycles. The number of hydrogen-bond acceptors (Lipinski definition) is 4. The molecule has 0 aromatic heterocycles. The van der Waals surface area contributed by atoms with Gasteiger partial charge < -0.3 is 19.3 Å². The molecule has 106 valence electrons. The Balaban J connectivity index is 1.94. The molecule has 4 heteroatoms. The lowest BCUT2D eigenvalue weighted by Crippen LogP contribution is -2.14. The SMILES string of the molecule is COc1ccc(C(C)O)cc1COCC1CCCO1. The van der Waals surface area contributed by atoms with Crippen LogP contribution in [0, 0.1) is 0 Å². The third kappa shape index (κ3) is 3.93. The average molecular weight is 266 g/mol. The van der Waals surface area contributed by atoms with E-state index in [0.29, 0.717) is 13.2 Å². The van der Waals surface area contributed by atoms with Crippen LogP contribution < -0.4 is 4.74 Å². The molecule has 0 bridgehead atoms. The standard InChI is InChI=1S/C15H22O4/c1-11(16)12-5-6-15(17-2)13(8-12)9-18-10-14-4-3-7-19-14/h5-6,8,11,14,16H,3-4,7,9-10H2,1-2H3. The largest absolute Gasteiger partial charge is 0.496 e. The van der Waals surface area contributed by atoms with Crippen molar-refractivity contribution in [1.29, 1.82) is 0 Å². The van der Waals surface area contributed by atoms with Crippen LogP contribution in [0.5, 0.6) is 5.75 Å². The highest BCUT2D eigenvalue weighted by Crippen LogP contribution is 2.24. The molecule has 19 heavy (non-hydrogen) atoms. The molecule has 0 saturated carbocycles. The summed E-state index contributed by atoms with van der Waals surface area (Å²) in [5.74, 6) is 0.789. The zero-order chi connectivity index (χ0) is 13.7. The highest BCUT2D eigenvalue weighted by atomic mass is 16.5. The number of aliphatic hydroxyl groups excluding tert-OH is 1. The molecule has 2 unspecified atom stereocenters. The van der Waals surface area contributed by atoms with Crippen LogP contribution in [0.15, 0.2) is 18.2 Å². The predicted molar refractivity (Wildman–Crippen MR) is 72.3 cm³/mol. The maximum absolute atomic E-state index is 9.61. The van der Waals surface area contributed by atoms with Crippen molar-refractivity contribution in [3.8, 4) is 5.75 Å². The van der Waals surface area contributed by atoms with Crippen molar-refractivity contribution in [3.05, 3.63) is 29.3 Å². The van der Waals surface area contributed by atoms with Gasteiger partial charge in [-0.2, -0.15) is 0 Å². The van der Waals surface area contributed by atoms with Gasteiger partial charge in [-0.3, -0.25) is 0 Å². The van der Waals surface area contributed by atoms with Crippen LogP contribution in [-0.4, -0.2) is 31.5 Å². The van der Waals surface area contributed by atoms with E-state index in [-0.39, 0.29) is 6.10 Å². The maximum atomic E-state index is 9.61. The summed E-state index contributed by atoms with van der Waals surface area (Å²) in [7, 11) is 1.64. The molecule has 0 amide bonds. The highest BCUT2D eigenvalue weighted by molar-refractivity contribution is 5.37. The van der Waals surface area contributed by atoms with Crippen LogP contribution in [0.25, 0.3) is 0 Å². The van der Waals surface area contributed by atoms with Gasteiger partial charge in [-0.1, -0.05) is 6.07 Å². The Hall–Kier alpha value is -1.10. The lowest BCUT2D eigenvalue weighted by molar-refractivity contribution is 0.0100. The first kappa shape index (κ1) is 14.3. The number of benzene rings is 1. The number of hydrogen-bond donors (Lipinski definition) is 1. The first-order valence-electron chi connectivity index (χ1n) is 6.75. The molecular formula is C15H22O4. The summed E-state index contributed by atoms with van der Waals surface area (Å²) in [4.78, 5) is 0. The second-order valence-corrected chi connectivity index (χ2v) is 4.90. The van der Waals surface area contributed by atoms with E-state index in [2.05, 4.69) is 0 Å². The second kappa shape index (κ2) is 6.89. The molecular weight excluding hydrogens is 244 g/mol. The lowest BCUT2D eigenvalue weighted by Gasteiger charge is -2.14. The number of methoxy groups -OCH3 is 1. The number of rotatable bonds is 6. The monoisotopic (exact) mass is 266 g/mol. The minimum Gasteiger partial charge on any atom is -0.496 e. The predicted octanol–water partition coefficient (Wildman–Crippen LogP) is 2.44. The Morgan fingerprint density at radius 2 is 2.32 bits per heavy atom. The summed E-state index contributed by atoms with van der Waals surface area (Å²) in [6.07, 6.45) is 1.94. The van der Waals surface area contributed by atoms with Crippen molar-refractivity contribution >= 4 is 0 Å². The van der Waals surface area contributed by atoms with E-state index in [9.17, 15) is 5.11 Å². The molecule has 1 N–H and O–H groups in total. The van der Waals surface area contributed by atoms with Crippen molar-refractivity contribution in [3.63, 3.8) is 0 Å². The number of ether oxygens (including phenoxy) is 3. The summed E-state index contributed by atoms with van der Waals surface area (Å²) < 4.78 is 16.5. The van der Waals surface area contributed by atoms with Gasteiger partial charge in [-0.25, -0.2) is 0 Å². The van der Waals surface area contributed by atoms with Crippen LogP contribution in [0.4, 0.5) is 0 Å². The van der Waals surface area contributed by atoms with Gasteiger partial charge in [-0.05, 0) is 37.5 Å². The van der Waals surface area contributed by atoms with E-state index in [1.54, 1.807) is 14.0 Å². The van der Waals surface area contributed by atoms with Crippen LogP contribution >= 0.6 is 0 Å². The van der Waals surface area contributed by atoms with Crippen molar-refractivity contribution in [2.75, 3.05) is 20.3 Å². The first-order chi connectivity index (χ1) is 9.20. The maximum Gasteiger partial charge on any atom is 0.124 e. The summed E-state index contributed by atoms with van der Waals surface area (Å²) in [6, 6.07) is 5.67. The smallest absolute Gasteiger partial charge is 0.124 e. The topological polar surface area (TPSA) is 47.9 Å². The van der Waals surface area contributed by atoms with Crippen molar-refractivity contribution < 1.29 is 19.3 Å². The fourth-order valence-electron chi connectivity index (χ4n) is 2.25. The Morgan fingerprint density at radius 3 is 2.95 bits per heavy atom. The third-order valence-electron chi connectivity index (χ3n) is 3.37. The van der Waals surface area contributed by atoms with Gasteiger partial charge in [0.15, 0.2) is 0 Å². The van der Waals surface area contributed by atoms with Crippen LogP contribution in [-0.2, 0) is 16.1 Å². The molecule has 1 aliphatic heterocycles. The molecule has 1 aromatic rings. The molecule has 1 fully saturated rings.